The standard InChI is InChI=1S/C12H20O3/c1-11(2,3)10(14)12(6-5-7-12)8-9(13)15-4/h5-8H2,1-4H3. The largest absolute Gasteiger partial charge is 0.469 e. The predicted molar refractivity (Wildman–Crippen MR) is 57.4 cm³/mol. The molecule has 1 aliphatic rings. The number of esters is 1. The number of methoxy groups -OCH3 is 1. The minimum atomic E-state index is -0.425. The Morgan fingerprint density at radius 2 is 1.80 bits per heavy atom. The monoisotopic (exact) mass is 212 g/mol. The number of carbonyl (C=O) groups is 2. The van der Waals surface area contributed by atoms with Crippen LogP contribution in [0.15, 0.2) is 0 Å². The molecule has 15 heavy (non-hydrogen) atoms. The van der Waals surface area contributed by atoms with E-state index in [9.17, 15) is 9.59 Å². The van der Waals surface area contributed by atoms with Crippen LogP contribution in [0.2, 0.25) is 0 Å². The van der Waals surface area contributed by atoms with E-state index in [2.05, 4.69) is 4.74 Å². The Balaban J connectivity index is 2.77. The molecule has 0 heterocycles. The minimum Gasteiger partial charge on any atom is -0.469 e. The Hall–Kier alpha value is -0.860. The summed E-state index contributed by atoms with van der Waals surface area (Å²) >= 11 is 0. The van der Waals surface area contributed by atoms with Gasteiger partial charge in [-0.05, 0) is 12.8 Å². The second-order valence-corrected chi connectivity index (χ2v) is 5.47. The molecular formula is C12H20O3. The number of ether oxygens (including phenoxy) is 1. The highest BCUT2D eigenvalue weighted by Gasteiger charge is 2.49. The molecule has 3 nitrogen and oxygen atoms in total. The van der Waals surface area contributed by atoms with Gasteiger partial charge >= 0.3 is 5.97 Å². The number of hydrogen-bond acceptors (Lipinski definition) is 3. The number of Topliss-reactive ketones (excluding diaryl/α,β-unsaturated/α-hetero) is 1. The van der Waals surface area contributed by atoms with Gasteiger partial charge in [-0.15, -0.1) is 0 Å². The normalized spacial score (nSPS) is 19.2. The summed E-state index contributed by atoms with van der Waals surface area (Å²) in [6.07, 6.45) is 2.95. The molecule has 0 unspecified atom stereocenters. The average Bonchev–Trinajstić information content (AvgIpc) is 2.08. The molecule has 3 heteroatoms. The van der Waals surface area contributed by atoms with Crippen molar-refractivity contribution < 1.29 is 14.3 Å². The SMILES string of the molecule is COC(=O)CC1(C(=O)C(C)(C)C)CCC1. The van der Waals surface area contributed by atoms with Gasteiger partial charge in [0.2, 0.25) is 0 Å². The van der Waals surface area contributed by atoms with Crippen LogP contribution in [0, 0.1) is 10.8 Å². The molecular weight excluding hydrogens is 192 g/mol. The van der Waals surface area contributed by atoms with E-state index in [1.165, 1.54) is 7.11 Å². The molecule has 0 amide bonds. The third kappa shape index (κ3) is 2.39. The third-order valence-electron chi connectivity index (χ3n) is 3.18. The van der Waals surface area contributed by atoms with Gasteiger partial charge in [-0.2, -0.15) is 0 Å². The van der Waals surface area contributed by atoms with Crippen molar-refractivity contribution in [3.05, 3.63) is 0 Å². The summed E-state index contributed by atoms with van der Waals surface area (Å²) < 4.78 is 4.65. The zero-order valence-electron chi connectivity index (χ0n) is 10.1. The molecule has 0 aromatic carbocycles. The van der Waals surface area contributed by atoms with Gasteiger partial charge in [0, 0.05) is 10.8 Å². The lowest BCUT2D eigenvalue weighted by atomic mass is 9.59. The Morgan fingerprint density at radius 1 is 1.27 bits per heavy atom. The average molecular weight is 212 g/mol. The Bertz CT molecular complexity index is 269. The Labute approximate surface area is 91.2 Å². The zero-order chi connectivity index (χ0) is 11.7. The van der Waals surface area contributed by atoms with Crippen LogP contribution in [0.1, 0.15) is 46.5 Å². The maximum absolute atomic E-state index is 12.2. The van der Waals surface area contributed by atoms with Crippen molar-refractivity contribution in [3.63, 3.8) is 0 Å². The van der Waals surface area contributed by atoms with E-state index >= 15 is 0 Å². The lowest BCUT2D eigenvalue weighted by Crippen LogP contribution is -2.45. The van der Waals surface area contributed by atoms with Crippen molar-refractivity contribution in [1.29, 1.82) is 0 Å². The van der Waals surface area contributed by atoms with Gasteiger partial charge in [-0.3, -0.25) is 9.59 Å². The van der Waals surface area contributed by atoms with Crippen LogP contribution < -0.4 is 0 Å². The topological polar surface area (TPSA) is 43.4 Å². The first kappa shape index (κ1) is 12.2. The smallest absolute Gasteiger partial charge is 0.306 e. The maximum Gasteiger partial charge on any atom is 0.306 e. The van der Waals surface area contributed by atoms with Crippen LogP contribution in [-0.4, -0.2) is 18.9 Å². The fourth-order valence-corrected chi connectivity index (χ4v) is 2.23. The molecule has 1 aliphatic carbocycles. The van der Waals surface area contributed by atoms with E-state index in [-0.39, 0.29) is 23.6 Å². The molecule has 1 rings (SSSR count). The molecule has 86 valence electrons. The van der Waals surface area contributed by atoms with E-state index in [0.29, 0.717) is 0 Å². The fraction of sp³-hybridized carbons (Fsp3) is 0.833. The van der Waals surface area contributed by atoms with Crippen LogP contribution in [0.3, 0.4) is 0 Å². The molecule has 0 saturated heterocycles. The van der Waals surface area contributed by atoms with Crippen LogP contribution in [-0.2, 0) is 14.3 Å². The molecule has 0 bridgehead atoms. The van der Waals surface area contributed by atoms with Gasteiger partial charge in [0.15, 0.2) is 0 Å². The first-order valence-electron chi connectivity index (χ1n) is 5.43. The molecule has 0 aromatic heterocycles. The lowest BCUT2D eigenvalue weighted by molar-refractivity contribution is -0.154. The first-order valence-corrected chi connectivity index (χ1v) is 5.43. The number of hydrogen-bond donors (Lipinski definition) is 0. The fourth-order valence-electron chi connectivity index (χ4n) is 2.23. The highest BCUT2D eigenvalue weighted by molar-refractivity contribution is 5.93. The zero-order valence-corrected chi connectivity index (χ0v) is 10.1. The number of rotatable bonds is 3. The van der Waals surface area contributed by atoms with Crippen molar-refractivity contribution in [1.82, 2.24) is 0 Å². The minimum absolute atomic E-state index is 0.201. The van der Waals surface area contributed by atoms with E-state index < -0.39 is 5.41 Å². The molecule has 1 fully saturated rings. The molecule has 0 atom stereocenters. The van der Waals surface area contributed by atoms with Gasteiger partial charge in [-0.25, -0.2) is 0 Å². The van der Waals surface area contributed by atoms with Crippen molar-refractivity contribution >= 4 is 11.8 Å². The second-order valence-electron chi connectivity index (χ2n) is 5.47. The second kappa shape index (κ2) is 3.95. The molecule has 1 saturated carbocycles. The highest BCUT2D eigenvalue weighted by atomic mass is 16.5. The molecule has 0 spiro atoms. The van der Waals surface area contributed by atoms with Crippen molar-refractivity contribution in [2.45, 2.75) is 46.5 Å². The maximum atomic E-state index is 12.2. The summed E-state index contributed by atoms with van der Waals surface area (Å²) in [6, 6.07) is 0. The van der Waals surface area contributed by atoms with Gasteiger partial charge < -0.3 is 4.74 Å². The van der Waals surface area contributed by atoms with E-state index in [4.69, 9.17) is 0 Å². The van der Waals surface area contributed by atoms with E-state index in [1.807, 2.05) is 20.8 Å². The van der Waals surface area contributed by atoms with Crippen LogP contribution in [0.25, 0.3) is 0 Å². The van der Waals surface area contributed by atoms with Gasteiger partial charge in [-0.1, -0.05) is 27.2 Å². The molecule has 0 aliphatic heterocycles. The first-order chi connectivity index (χ1) is 6.82. The summed E-state index contributed by atoms with van der Waals surface area (Å²) in [5, 5.41) is 0. The summed E-state index contributed by atoms with van der Waals surface area (Å²) in [5.41, 5.74) is -0.792. The number of ketones is 1. The lowest BCUT2D eigenvalue weighted by Gasteiger charge is -2.43. The van der Waals surface area contributed by atoms with Crippen LogP contribution >= 0.6 is 0 Å². The predicted octanol–water partition coefficient (Wildman–Crippen LogP) is 2.33. The van der Waals surface area contributed by atoms with Gasteiger partial charge in [0.05, 0.1) is 13.5 Å². The highest BCUT2D eigenvalue weighted by Crippen LogP contribution is 2.48. The van der Waals surface area contributed by atoms with E-state index in [1.54, 1.807) is 0 Å². The molecule has 0 aromatic rings. The van der Waals surface area contributed by atoms with Crippen molar-refractivity contribution in [3.8, 4) is 0 Å². The summed E-state index contributed by atoms with van der Waals surface area (Å²) in [5.74, 6) is -0.0704. The number of carbonyl (C=O) groups excluding carboxylic acids is 2. The summed E-state index contributed by atoms with van der Waals surface area (Å²) in [7, 11) is 1.37. The van der Waals surface area contributed by atoms with Gasteiger partial charge in [0.25, 0.3) is 0 Å². The molecule has 0 N–H and O–H groups in total. The van der Waals surface area contributed by atoms with E-state index in [0.717, 1.165) is 19.3 Å². The van der Waals surface area contributed by atoms with Crippen molar-refractivity contribution in [2.24, 2.45) is 10.8 Å². The van der Waals surface area contributed by atoms with Crippen LogP contribution in [0.4, 0.5) is 0 Å². The summed E-state index contributed by atoms with van der Waals surface area (Å²) in [4.78, 5) is 23.5. The van der Waals surface area contributed by atoms with Crippen LogP contribution in [0.5, 0.6) is 0 Å². The summed E-state index contributed by atoms with van der Waals surface area (Å²) in [6.45, 7) is 5.73. The van der Waals surface area contributed by atoms with Gasteiger partial charge in [0.1, 0.15) is 5.78 Å². The van der Waals surface area contributed by atoms with Crippen molar-refractivity contribution in [2.75, 3.05) is 7.11 Å². The Kier molecular flexibility index (Phi) is 3.22. The molecule has 0 radical (unpaired) electrons. The third-order valence-corrected chi connectivity index (χ3v) is 3.18. The quantitative estimate of drug-likeness (QED) is 0.674. The Morgan fingerprint density at radius 3 is 2.07 bits per heavy atom.